The number of hydrogen-bond acceptors (Lipinski definition) is 6. The molecular weight excluding hydrogens is 364 g/mol. The largest absolute Gasteiger partial charge is 0.494 e. The number of rotatable bonds is 9. The molecule has 28 heavy (non-hydrogen) atoms. The predicted molar refractivity (Wildman–Crippen MR) is 103 cm³/mol. The lowest BCUT2D eigenvalue weighted by Crippen LogP contribution is -2.46. The zero-order valence-electron chi connectivity index (χ0n) is 16.6. The molecule has 1 aromatic carbocycles. The summed E-state index contributed by atoms with van der Waals surface area (Å²) < 4.78 is 16.1. The third-order valence-electron chi connectivity index (χ3n) is 4.06. The van der Waals surface area contributed by atoms with Gasteiger partial charge in [-0.3, -0.25) is 9.59 Å². The van der Waals surface area contributed by atoms with Gasteiger partial charge in [0, 0.05) is 17.5 Å². The van der Waals surface area contributed by atoms with Gasteiger partial charge in [-0.1, -0.05) is 6.92 Å². The molecular formula is C20H26N2O6. The highest BCUT2D eigenvalue weighted by atomic mass is 16.5. The van der Waals surface area contributed by atoms with Crippen LogP contribution in [0.5, 0.6) is 5.75 Å². The first-order valence-corrected chi connectivity index (χ1v) is 9.27. The Kier molecular flexibility index (Phi) is 7.43. The third-order valence-corrected chi connectivity index (χ3v) is 4.06. The van der Waals surface area contributed by atoms with E-state index in [1.165, 1.54) is 0 Å². The number of fused-ring (bicyclic) bond motifs is 1. The summed E-state index contributed by atoms with van der Waals surface area (Å²) in [5, 5.41) is 5.90. The minimum Gasteiger partial charge on any atom is -0.494 e. The summed E-state index contributed by atoms with van der Waals surface area (Å²) in [7, 11) is 0. The highest BCUT2D eigenvalue weighted by Gasteiger charge is 2.21. The summed E-state index contributed by atoms with van der Waals surface area (Å²) in [6.07, 6.45) is 0.799. The van der Waals surface area contributed by atoms with Crippen molar-refractivity contribution in [2.24, 2.45) is 0 Å². The van der Waals surface area contributed by atoms with E-state index in [-0.39, 0.29) is 11.7 Å². The maximum absolute atomic E-state index is 12.3. The number of carbonyl (C=O) groups is 3. The topological polar surface area (TPSA) is 107 Å². The Labute approximate surface area is 163 Å². The van der Waals surface area contributed by atoms with E-state index in [9.17, 15) is 14.4 Å². The van der Waals surface area contributed by atoms with Gasteiger partial charge < -0.3 is 24.5 Å². The monoisotopic (exact) mass is 390 g/mol. The molecule has 1 atom stereocenters. The number of esters is 1. The lowest BCUT2D eigenvalue weighted by molar-refractivity contribution is -0.130. The van der Waals surface area contributed by atoms with Crippen molar-refractivity contribution in [3.63, 3.8) is 0 Å². The Morgan fingerprint density at radius 1 is 1.21 bits per heavy atom. The van der Waals surface area contributed by atoms with E-state index in [1.807, 2.05) is 13.8 Å². The summed E-state index contributed by atoms with van der Waals surface area (Å²) in [6, 6.07) is 4.54. The van der Waals surface area contributed by atoms with Crippen LogP contribution in [0, 0.1) is 6.92 Å². The van der Waals surface area contributed by atoms with Crippen LogP contribution in [0.25, 0.3) is 11.0 Å². The van der Waals surface area contributed by atoms with Crippen LogP contribution in [0.4, 0.5) is 0 Å². The highest BCUT2D eigenvalue weighted by Crippen LogP contribution is 2.29. The van der Waals surface area contributed by atoms with E-state index >= 15 is 0 Å². The van der Waals surface area contributed by atoms with Gasteiger partial charge in [0.1, 0.15) is 17.4 Å². The molecule has 0 radical (unpaired) electrons. The molecule has 152 valence electrons. The fraction of sp³-hybridized carbons (Fsp3) is 0.450. The molecule has 0 aliphatic heterocycles. The Hall–Kier alpha value is -3.03. The maximum atomic E-state index is 12.3. The second-order valence-electron chi connectivity index (χ2n) is 6.30. The standard InChI is InChI=1S/C20H26N2O6/c1-5-9-21-19(24)13(4)22-17(23)11-27-20(25)18-12(3)15-10-14(26-6-2)7-8-16(15)28-18/h7-8,10,13H,5-6,9,11H2,1-4H3,(H,21,24)(H,22,23)/t13-/m0/s1. The number of ether oxygens (including phenoxy) is 2. The molecule has 8 heteroatoms. The molecule has 0 unspecified atom stereocenters. The van der Waals surface area contributed by atoms with Crippen LogP contribution in [0.1, 0.15) is 43.3 Å². The molecule has 0 aliphatic rings. The van der Waals surface area contributed by atoms with Gasteiger partial charge in [0.2, 0.25) is 11.7 Å². The Balaban J connectivity index is 1.96. The number of amides is 2. The molecule has 2 rings (SSSR count). The minimum atomic E-state index is -0.745. The van der Waals surface area contributed by atoms with E-state index in [4.69, 9.17) is 13.9 Å². The summed E-state index contributed by atoms with van der Waals surface area (Å²) in [5.74, 6) is -0.900. The van der Waals surface area contributed by atoms with Gasteiger partial charge in [-0.25, -0.2) is 4.79 Å². The van der Waals surface area contributed by atoms with E-state index in [2.05, 4.69) is 10.6 Å². The average molecular weight is 390 g/mol. The zero-order valence-corrected chi connectivity index (χ0v) is 16.6. The normalized spacial score (nSPS) is 11.7. The number of furan rings is 1. The molecule has 0 saturated carbocycles. The minimum absolute atomic E-state index is 0.0326. The molecule has 1 aromatic heterocycles. The lowest BCUT2D eigenvalue weighted by atomic mass is 10.1. The molecule has 1 heterocycles. The van der Waals surface area contributed by atoms with Crippen molar-refractivity contribution >= 4 is 28.8 Å². The third kappa shape index (κ3) is 5.25. The lowest BCUT2D eigenvalue weighted by Gasteiger charge is -2.13. The van der Waals surface area contributed by atoms with E-state index < -0.39 is 24.5 Å². The molecule has 0 saturated heterocycles. The smallest absolute Gasteiger partial charge is 0.375 e. The van der Waals surface area contributed by atoms with Gasteiger partial charge in [-0.05, 0) is 45.4 Å². The first-order valence-electron chi connectivity index (χ1n) is 9.27. The van der Waals surface area contributed by atoms with Crippen LogP contribution in [0.15, 0.2) is 22.6 Å². The average Bonchev–Trinajstić information content (AvgIpc) is 3.00. The van der Waals surface area contributed by atoms with E-state index in [0.717, 1.165) is 11.8 Å². The van der Waals surface area contributed by atoms with Gasteiger partial charge >= 0.3 is 5.97 Å². The number of carbonyl (C=O) groups excluding carboxylic acids is 3. The Morgan fingerprint density at radius 3 is 2.64 bits per heavy atom. The quantitative estimate of drug-likeness (QED) is 0.637. The first kappa shape index (κ1) is 21.3. The van der Waals surface area contributed by atoms with Crippen molar-refractivity contribution < 1.29 is 28.3 Å². The summed E-state index contributed by atoms with van der Waals surface area (Å²) in [6.45, 7) is 7.66. The van der Waals surface area contributed by atoms with Gasteiger partial charge in [0.25, 0.3) is 5.91 Å². The van der Waals surface area contributed by atoms with Gasteiger partial charge in [-0.15, -0.1) is 0 Å². The maximum Gasteiger partial charge on any atom is 0.375 e. The Bertz CT molecular complexity index is 858. The zero-order chi connectivity index (χ0) is 20.7. The van der Waals surface area contributed by atoms with Crippen molar-refractivity contribution in [2.45, 2.75) is 40.2 Å². The van der Waals surface area contributed by atoms with Crippen molar-refractivity contribution in [3.05, 3.63) is 29.5 Å². The molecule has 2 N–H and O–H groups in total. The van der Waals surface area contributed by atoms with Crippen molar-refractivity contribution in [1.82, 2.24) is 10.6 Å². The first-order chi connectivity index (χ1) is 13.4. The molecule has 2 amide bonds. The van der Waals surface area contributed by atoms with Crippen molar-refractivity contribution in [3.8, 4) is 5.75 Å². The van der Waals surface area contributed by atoms with E-state index in [0.29, 0.717) is 30.0 Å². The molecule has 0 spiro atoms. The molecule has 0 bridgehead atoms. The summed E-state index contributed by atoms with van der Waals surface area (Å²) >= 11 is 0. The van der Waals surface area contributed by atoms with Crippen LogP contribution in [-0.2, 0) is 14.3 Å². The number of benzene rings is 1. The molecule has 0 aliphatic carbocycles. The van der Waals surface area contributed by atoms with Crippen molar-refractivity contribution in [1.29, 1.82) is 0 Å². The second kappa shape index (κ2) is 9.77. The number of hydrogen-bond donors (Lipinski definition) is 2. The molecule has 2 aromatic rings. The highest BCUT2D eigenvalue weighted by molar-refractivity contribution is 5.97. The number of aryl methyl sites for hydroxylation is 1. The van der Waals surface area contributed by atoms with Gasteiger partial charge in [0.15, 0.2) is 6.61 Å². The summed E-state index contributed by atoms with van der Waals surface area (Å²) in [5.41, 5.74) is 1.13. The van der Waals surface area contributed by atoms with Gasteiger partial charge in [-0.2, -0.15) is 0 Å². The van der Waals surface area contributed by atoms with Crippen LogP contribution in [-0.4, -0.2) is 43.6 Å². The summed E-state index contributed by atoms with van der Waals surface area (Å²) in [4.78, 5) is 36.0. The van der Waals surface area contributed by atoms with Gasteiger partial charge in [0.05, 0.1) is 6.61 Å². The van der Waals surface area contributed by atoms with Crippen LogP contribution in [0.2, 0.25) is 0 Å². The predicted octanol–water partition coefficient (Wildman–Crippen LogP) is 2.33. The number of nitrogens with one attached hydrogen (secondary N) is 2. The fourth-order valence-corrected chi connectivity index (χ4v) is 2.60. The van der Waals surface area contributed by atoms with Crippen molar-refractivity contribution in [2.75, 3.05) is 19.8 Å². The molecule has 0 fully saturated rings. The fourth-order valence-electron chi connectivity index (χ4n) is 2.60. The second-order valence-corrected chi connectivity index (χ2v) is 6.30. The molecule has 8 nitrogen and oxygen atoms in total. The van der Waals surface area contributed by atoms with E-state index in [1.54, 1.807) is 32.0 Å². The SMILES string of the molecule is CCCNC(=O)[C@H](C)NC(=O)COC(=O)c1oc2ccc(OCC)cc2c1C. The van der Waals surface area contributed by atoms with Crippen LogP contribution >= 0.6 is 0 Å². The van der Waals surface area contributed by atoms with Crippen LogP contribution in [0.3, 0.4) is 0 Å². The van der Waals surface area contributed by atoms with Crippen LogP contribution < -0.4 is 15.4 Å². The Morgan fingerprint density at radius 2 is 1.96 bits per heavy atom.